The number of allylic oxidation sites excluding steroid dienone is 7. The summed E-state index contributed by atoms with van der Waals surface area (Å²) < 4.78 is 0. The van der Waals surface area contributed by atoms with Crippen LogP contribution < -0.4 is 5.32 Å². The molecule has 0 atom stereocenters. The summed E-state index contributed by atoms with van der Waals surface area (Å²) in [5.41, 5.74) is 8.13. The van der Waals surface area contributed by atoms with Gasteiger partial charge in [0, 0.05) is 11.1 Å². The molecule has 23 heavy (non-hydrogen) atoms. The Balaban J connectivity index is 1.70. The summed E-state index contributed by atoms with van der Waals surface area (Å²) in [7, 11) is 0. The summed E-state index contributed by atoms with van der Waals surface area (Å²) in [5.74, 6) is 0. The Morgan fingerprint density at radius 2 is 1.91 bits per heavy atom. The quantitative estimate of drug-likeness (QED) is 0.674. The maximum absolute atomic E-state index is 6.32. The third-order valence-electron chi connectivity index (χ3n) is 5.28. The minimum Gasteiger partial charge on any atom is -0.355 e. The molecule has 1 N–H and O–H groups in total. The SMILES string of the molecule is CC1(C)C2=C(C=CCC2)c2ccc(NC3=CCCC=C3Cl)cc21. The Morgan fingerprint density at radius 3 is 2.74 bits per heavy atom. The highest BCUT2D eigenvalue weighted by molar-refractivity contribution is 6.32. The molecule has 0 fully saturated rings. The average molecular weight is 324 g/mol. The fourth-order valence-electron chi connectivity index (χ4n) is 4.01. The number of hydrogen-bond acceptors (Lipinski definition) is 1. The van der Waals surface area contributed by atoms with E-state index in [-0.39, 0.29) is 5.41 Å². The highest BCUT2D eigenvalue weighted by Gasteiger charge is 2.37. The second-order valence-corrected chi connectivity index (χ2v) is 7.50. The standard InChI is InChI=1S/C21H22ClN/c1-21(2)17-8-4-3-7-15(17)16-12-11-14(13-18(16)21)23-20-10-6-5-9-19(20)22/h3,7,9-13,23H,4-6,8H2,1-2H3. The molecule has 0 aliphatic heterocycles. The molecular formula is C21H22ClN. The second-order valence-electron chi connectivity index (χ2n) is 7.09. The fraction of sp³-hybridized carbons (Fsp3) is 0.333. The van der Waals surface area contributed by atoms with Crippen molar-refractivity contribution in [2.24, 2.45) is 0 Å². The molecule has 0 aromatic heterocycles. The largest absolute Gasteiger partial charge is 0.355 e. The summed E-state index contributed by atoms with van der Waals surface area (Å²) in [6, 6.07) is 6.74. The number of anilines is 1. The molecule has 1 aromatic carbocycles. The van der Waals surface area contributed by atoms with E-state index < -0.39 is 0 Å². The van der Waals surface area contributed by atoms with Gasteiger partial charge in [0.05, 0.1) is 10.7 Å². The third-order valence-corrected chi connectivity index (χ3v) is 5.64. The Morgan fingerprint density at radius 1 is 1.09 bits per heavy atom. The molecule has 0 heterocycles. The zero-order valence-corrected chi connectivity index (χ0v) is 14.5. The number of nitrogens with one attached hydrogen (secondary N) is 1. The molecule has 4 rings (SSSR count). The predicted molar refractivity (Wildman–Crippen MR) is 99.6 cm³/mol. The molecule has 1 aromatic rings. The number of benzene rings is 1. The van der Waals surface area contributed by atoms with E-state index in [0.717, 1.165) is 35.7 Å². The van der Waals surface area contributed by atoms with Crippen LogP contribution in [0.2, 0.25) is 0 Å². The van der Waals surface area contributed by atoms with Gasteiger partial charge in [-0.2, -0.15) is 0 Å². The number of hydrogen-bond donors (Lipinski definition) is 1. The first-order valence-corrected chi connectivity index (χ1v) is 8.83. The van der Waals surface area contributed by atoms with E-state index in [0.29, 0.717) is 0 Å². The van der Waals surface area contributed by atoms with Crippen LogP contribution in [0.5, 0.6) is 0 Å². The zero-order chi connectivity index (χ0) is 16.0. The van der Waals surface area contributed by atoms with Gasteiger partial charge < -0.3 is 5.32 Å². The summed E-state index contributed by atoms with van der Waals surface area (Å²) >= 11 is 6.32. The lowest BCUT2D eigenvalue weighted by molar-refractivity contribution is 0.607. The van der Waals surface area contributed by atoms with Crippen LogP contribution in [0, 0.1) is 0 Å². The van der Waals surface area contributed by atoms with Gasteiger partial charge in [0.25, 0.3) is 0 Å². The van der Waals surface area contributed by atoms with Crippen LogP contribution in [-0.4, -0.2) is 0 Å². The van der Waals surface area contributed by atoms with Gasteiger partial charge in [-0.15, -0.1) is 0 Å². The van der Waals surface area contributed by atoms with E-state index in [1.807, 2.05) is 0 Å². The van der Waals surface area contributed by atoms with E-state index in [2.05, 4.69) is 61.7 Å². The summed E-state index contributed by atoms with van der Waals surface area (Å²) in [4.78, 5) is 0. The Bertz CT molecular complexity index is 790. The molecule has 0 unspecified atom stereocenters. The summed E-state index contributed by atoms with van der Waals surface area (Å²) in [6.07, 6.45) is 13.3. The topological polar surface area (TPSA) is 12.0 Å². The smallest absolute Gasteiger partial charge is 0.0597 e. The lowest BCUT2D eigenvalue weighted by Gasteiger charge is -2.26. The number of halogens is 1. The lowest BCUT2D eigenvalue weighted by Crippen LogP contribution is -2.18. The molecular weight excluding hydrogens is 302 g/mol. The lowest BCUT2D eigenvalue weighted by atomic mass is 9.78. The van der Waals surface area contributed by atoms with Crippen molar-refractivity contribution in [2.45, 2.75) is 44.9 Å². The molecule has 3 aliphatic rings. The van der Waals surface area contributed by atoms with Gasteiger partial charge in [0.15, 0.2) is 0 Å². The highest BCUT2D eigenvalue weighted by atomic mass is 35.5. The Hall–Kier alpha value is -1.73. The van der Waals surface area contributed by atoms with E-state index >= 15 is 0 Å². The van der Waals surface area contributed by atoms with Gasteiger partial charge in [-0.3, -0.25) is 0 Å². The highest BCUT2D eigenvalue weighted by Crippen LogP contribution is 2.50. The van der Waals surface area contributed by atoms with Gasteiger partial charge in [-0.1, -0.05) is 61.4 Å². The molecule has 0 radical (unpaired) electrons. The van der Waals surface area contributed by atoms with Crippen molar-refractivity contribution in [2.75, 3.05) is 5.32 Å². The van der Waals surface area contributed by atoms with Gasteiger partial charge in [0.2, 0.25) is 0 Å². The van der Waals surface area contributed by atoms with Crippen LogP contribution in [0.1, 0.15) is 50.7 Å². The third kappa shape index (κ3) is 2.38. The first-order chi connectivity index (χ1) is 11.1. The van der Waals surface area contributed by atoms with E-state index in [1.54, 1.807) is 5.57 Å². The number of fused-ring (bicyclic) bond motifs is 2. The Kier molecular flexibility index (Phi) is 3.50. The molecule has 2 heteroatoms. The van der Waals surface area contributed by atoms with Crippen LogP contribution in [0.25, 0.3) is 5.57 Å². The van der Waals surface area contributed by atoms with Crippen LogP contribution in [0.15, 0.2) is 58.8 Å². The molecule has 0 spiro atoms. The van der Waals surface area contributed by atoms with Crippen LogP contribution in [-0.2, 0) is 5.41 Å². The van der Waals surface area contributed by atoms with Crippen molar-refractivity contribution in [3.63, 3.8) is 0 Å². The summed E-state index contributed by atoms with van der Waals surface area (Å²) in [5, 5.41) is 4.33. The Labute approximate surface area is 143 Å². The predicted octanol–water partition coefficient (Wildman–Crippen LogP) is 6.29. The maximum Gasteiger partial charge on any atom is 0.0597 e. The van der Waals surface area contributed by atoms with Crippen molar-refractivity contribution < 1.29 is 0 Å². The molecule has 0 saturated heterocycles. The molecule has 0 amide bonds. The van der Waals surface area contributed by atoms with Crippen LogP contribution >= 0.6 is 11.6 Å². The second kappa shape index (κ2) is 5.42. The van der Waals surface area contributed by atoms with Gasteiger partial charge >= 0.3 is 0 Å². The maximum atomic E-state index is 6.32. The van der Waals surface area contributed by atoms with Gasteiger partial charge in [0.1, 0.15) is 0 Å². The van der Waals surface area contributed by atoms with Crippen molar-refractivity contribution >= 4 is 22.9 Å². The molecule has 3 aliphatic carbocycles. The van der Waals surface area contributed by atoms with Crippen LogP contribution in [0.3, 0.4) is 0 Å². The first kappa shape index (κ1) is 14.8. The molecule has 118 valence electrons. The van der Waals surface area contributed by atoms with E-state index in [1.165, 1.54) is 23.1 Å². The molecule has 0 saturated carbocycles. The number of rotatable bonds is 2. The fourth-order valence-corrected chi connectivity index (χ4v) is 4.25. The van der Waals surface area contributed by atoms with Gasteiger partial charge in [-0.25, -0.2) is 0 Å². The van der Waals surface area contributed by atoms with Crippen molar-refractivity contribution in [1.82, 2.24) is 0 Å². The van der Waals surface area contributed by atoms with Crippen molar-refractivity contribution in [3.8, 4) is 0 Å². The summed E-state index contributed by atoms with van der Waals surface area (Å²) in [6.45, 7) is 4.70. The van der Waals surface area contributed by atoms with Crippen molar-refractivity contribution in [3.05, 3.63) is 69.9 Å². The normalized spacial score (nSPS) is 21.5. The van der Waals surface area contributed by atoms with Crippen molar-refractivity contribution in [1.29, 1.82) is 0 Å². The molecule has 1 nitrogen and oxygen atoms in total. The molecule has 0 bridgehead atoms. The monoisotopic (exact) mass is 323 g/mol. The van der Waals surface area contributed by atoms with E-state index in [4.69, 9.17) is 11.6 Å². The minimum absolute atomic E-state index is 0.119. The first-order valence-electron chi connectivity index (χ1n) is 8.45. The minimum atomic E-state index is 0.119. The van der Waals surface area contributed by atoms with Gasteiger partial charge in [-0.05, 0) is 54.5 Å². The van der Waals surface area contributed by atoms with Crippen LogP contribution in [0.4, 0.5) is 5.69 Å². The zero-order valence-electron chi connectivity index (χ0n) is 13.7. The van der Waals surface area contributed by atoms with E-state index in [9.17, 15) is 0 Å². The average Bonchev–Trinajstić information content (AvgIpc) is 2.78.